The van der Waals surface area contributed by atoms with Gasteiger partial charge < -0.3 is 9.30 Å². The molecule has 0 aliphatic rings. The van der Waals surface area contributed by atoms with Gasteiger partial charge in [-0.05, 0) is 12.1 Å². The maximum absolute atomic E-state index is 11.0. The van der Waals surface area contributed by atoms with E-state index in [0.717, 1.165) is 5.39 Å². The van der Waals surface area contributed by atoms with Crippen LogP contribution < -0.4 is 0 Å². The summed E-state index contributed by atoms with van der Waals surface area (Å²) >= 11 is 3.28. The van der Waals surface area contributed by atoms with E-state index in [1.807, 2.05) is 22.9 Å². The van der Waals surface area contributed by atoms with Crippen molar-refractivity contribution in [2.45, 2.75) is 6.54 Å². The largest absolute Gasteiger partial charge is 0.383 e. The number of methoxy groups -OCH3 is 1. The van der Waals surface area contributed by atoms with Gasteiger partial charge in [0, 0.05) is 35.8 Å². The Labute approximate surface area is 106 Å². The van der Waals surface area contributed by atoms with Crippen molar-refractivity contribution in [3.8, 4) is 0 Å². The zero-order chi connectivity index (χ0) is 12.4. The van der Waals surface area contributed by atoms with Crippen LogP contribution in [-0.4, -0.2) is 23.2 Å². The van der Waals surface area contributed by atoms with Crippen LogP contribution >= 0.6 is 15.9 Å². The van der Waals surface area contributed by atoms with Crippen LogP contribution in [0.2, 0.25) is 0 Å². The first-order valence-electron chi connectivity index (χ1n) is 5.05. The van der Waals surface area contributed by atoms with Crippen LogP contribution in [0.4, 0.5) is 5.69 Å². The molecule has 1 heterocycles. The van der Waals surface area contributed by atoms with Crippen molar-refractivity contribution < 1.29 is 9.66 Å². The summed E-state index contributed by atoms with van der Waals surface area (Å²) in [6.07, 6.45) is 1.84. The summed E-state index contributed by atoms with van der Waals surface area (Å²) in [5.41, 5.74) is 0.741. The maximum atomic E-state index is 11.0. The molecule has 0 aliphatic heterocycles. The number of ether oxygens (including phenoxy) is 1. The molecule has 0 saturated carbocycles. The number of rotatable bonds is 4. The van der Waals surface area contributed by atoms with Crippen LogP contribution in [0.25, 0.3) is 10.9 Å². The first-order valence-corrected chi connectivity index (χ1v) is 5.84. The van der Waals surface area contributed by atoms with Crippen LogP contribution in [-0.2, 0) is 11.3 Å². The number of hydrogen-bond acceptors (Lipinski definition) is 3. The van der Waals surface area contributed by atoms with Crippen molar-refractivity contribution in [3.63, 3.8) is 0 Å². The van der Waals surface area contributed by atoms with Crippen LogP contribution in [0, 0.1) is 10.1 Å². The lowest BCUT2D eigenvalue weighted by atomic mass is 10.2. The number of aromatic nitrogens is 1. The number of nitro groups is 1. The number of hydrogen-bond donors (Lipinski definition) is 0. The quantitative estimate of drug-likeness (QED) is 0.644. The van der Waals surface area contributed by atoms with Crippen molar-refractivity contribution >= 4 is 32.5 Å². The van der Waals surface area contributed by atoms with Crippen molar-refractivity contribution in [2.75, 3.05) is 13.7 Å². The molecule has 6 heteroatoms. The van der Waals surface area contributed by atoms with E-state index in [4.69, 9.17) is 4.74 Å². The predicted octanol–water partition coefficient (Wildman–Crippen LogP) is 2.96. The monoisotopic (exact) mass is 298 g/mol. The van der Waals surface area contributed by atoms with Gasteiger partial charge in [0.25, 0.3) is 5.69 Å². The number of halogens is 1. The molecule has 1 aromatic heterocycles. The van der Waals surface area contributed by atoms with Crippen molar-refractivity contribution in [3.05, 3.63) is 39.0 Å². The number of nitro benzene ring substituents is 1. The molecule has 2 rings (SSSR count). The van der Waals surface area contributed by atoms with E-state index in [1.165, 1.54) is 6.07 Å². The van der Waals surface area contributed by atoms with Gasteiger partial charge in [0.15, 0.2) is 0 Å². The lowest BCUT2D eigenvalue weighted by Gasteiger charge is -2.05. The van der Waals surface area contributed by atoms with E-state index in [1.54, 1.807) is 7.11 Å². The third kappa shape index (κ3) is 2.32. The van der Waals surface area contributed by atoms with Crippen LogP contribution in [0.1, 0.15) is 0 Å². The molecule has 0 saturated heterocycles. The number of benzene rings is 1. The highest BCUT2D eigenvalue weighted by Gasteiger charge is 2.16. The van der Waals surface area contributed by atoms with Gasteiger partial charge in [0.1, 0.15) is 5.52 Å². The molecule has 0 fully saturated rings. The topological polar surface area (TPSA) is 57.3 Å². The maximum Gasteiger partial charge on any atom is 0.294 e. The minimum Gasteiger partial charge on any atom is -0.383 e. The zero-order valence-corrected chi connectivity index (χ0v) is 10.8. The predicted molar refractivity (Wildman–Crippen MR) is 68.2 cm³/mol. The second-order valence-corrected chi connectivity index (χ2v) is 4.54. The third-order valence-electron chi connectivity index (χ3n) is 2.54. The summed E-state index contributed by atoms with van der Waals surface area (Å²) in [5.74, 6) is 0. The van der Waals surface area contributed by atoms with E-state index >= 15 is 0 Å². The average Bonchev–Trinajstić information content (AvgIpc) is 2.68. The van der Waals surface area contributed by atoms with Gasteiger partial charge >= 0.3 is 0 Å². The Hall–Kier alpha value is -1.40. The second-order valence-electron chi connectivity index (χ2n) is 3.62. The van der Waals surface area contributed by atoms with Crippen molar-refractivity contribution in [2.24, 2.45) is 0 Å². The molecule has 0 amide bonds. The molecule has 0 aliphatic carbocycles. The fourth-order valence-corrected chi connectivity index (χ4v) is 2.27. The molecule has 0 N–H and O–H groups in total. The molecule has 1 aromatic carbocycles. The van der Waals surface area contributed by atoms with Crippen molar-refractivity contribution in [1.82, 2.24) is 4.57 Å². The van der Waals surface area contributed by atoms with E-state index < -0.39 is 0 Å². The number of non-ortho nitro benzene ring substituents is 1. The highest BCUT2D eigenvalue weighted by molar-refractivity contribution is 9.10. The molecule has 0 unspecified atom stereocenters. The van der Waals surface area contributed by atoms with Gasteiger partial charge in [0.2, 0.25) is 0 Å². The normalized spacial score (nSPS) is 10.9. The number of fused-ring (bicyclic) bond motifs is 1. The molecule has 17 heavy (non-hydrogen) atoms. The third-order valence-corrected chi connectivity index (χ3v) is 3.00. The Bertz CT molecular complexity index is 565. The zero-order valence-electron chi connectivity index (χ0n) is 9.22. The van der Waals surface area contributed by atoms with Gasteiger partial charge in [0.05, 0.1) is 11.5 Å². The molecule has 2 aromatic rings. The van der Waals surface area contributed by atoms with E-state index in [9.17, 15) is 10.1 Å². The van der Waals surface area contributed by atoms with Crippen LogP contribution in [0.3, 0.4) is 0 Å². The summed E-state index contributed by atoms with van der Waals surface area (Å²) in [6, 6.07) is 5.25. The first kappa shape index (κ1) is 12.1. The molecule has 0 spiro atoms. The van der Waals surface area contributed by atoms with E-state index in [0.29, 0.717) is 23.1 Å². The lowest BCUT2D eigenvalue weighted by molar-refractivity contribution is -0.383. The minimum atomic E-state index is -0.365. The van der Waals surface area contributed by atoms with Crippen molar-refractivity contribution in [1.29, 1.82) is 0 Å². The summed E-state index contributed by atoms with van der Waals surface area (Å²) in [5, 5.41) is 11.9. The Morgan fingerprint density at radius 2 is 2.29 bits per heavy atom. The van der Waals surface area contributed by atoms with Gasteiger partial charge in [-0.3, -0.25) is 10.1 Å². The fourth-order valence-electron chi connectivity index (χ4n) is 1.81. The molecular formula is C11H11BrN2O3. The highest BCUT2D eigenvalue weighted by Crippen LogP contribution is 2.30. The summed E-state index contributed by atoms with van der Waals surface area (Å²) in [7, 11) is 1.61. The van der Waals surface area contributed by atoms with Crippen LogP contribution in [0.5, 0.6) is 0 Å². The smallest absolute Gasteiger partial charge is 0.294 e. The molecule has 0 radical (unpaired) electrons. The highest BCUT2D eigenvalue weighted by atomic mass is 79.9. The minimum absolute atomic E-state index is 0.107. The molecule has 5 nitrogen and oxygen atoms in total. The van der Waals surface area contributed by atoms with Crippen LogP contribution in [0.15, 0.2) is 28.9 Å². The summed E-state index contributed by atoms with van der Waals surface area (Å²) < 4.78 is 7.53. The molecule has 90 valence electrons. The van der Waals surface area contributed by atoms with E-state index in [2.05, 4.69) is 15.9 Å². The Morgan fingerprint density at radius 3 is 2.94 bits per heavy atom. The average molecular weight is 299 g/mol. The molecule has 0 atom stereocenters. The fraction of sp³-hybridized carbons (Fsp3) is 0.273. The SMILES string of the molecule is COCCn1ccc2cc(Br)cc([N+](=O)[O-])c21. The van der Waals surface area contributed by atoms with Gasteiger partial charge in [-0.25, -0.2) is 0 Å². The molecular weight excluding hydrogens is 288 g/mol. The lowest BCUT2D eigenvalue weighted by Crippen LogP contribution is -2.04. The standard InChI is InChI=1S/C11H11BrN2O3/c1-17-5-4-13-3-2-8-6-9(12)7-10(11(8)13)14(15)16/h2-3,6-7H,4-5H2,1H3. The Kier molecular flexibility index (Phi) is 3.44. The number of nitrogens with zero attached hydrogens (tertiary/aromatic N) is 2. The second kappa shape index (κ2) is 4.85. The summed E-state index contributed by atoms with van der Waals surface area (Å²) in [4.78, 5) is 10.7. The molecule has 0 bridgehead atoms. The van der Waals surface area contributed by atoms with E-state index in [-0.39, 0.29) is 10.6 Å². The van der Waals surface area contributed by atoms with Gasteiger partial charge in [-0.1, -0.05) is 15.9 Å². The first-order chi connectivity index (χ1) is 8.13. The Morgan fingerprint density at radius 1 is 1.53 bits per heavy atom. The van der Waals surface area contributed by atoms with Gasteiger partial charge in [-0.2, -0.15) is 0 Å². The van der Waals surface area contributed by atoms with Gasteiger partial charge in [-0.15, -0.1) is 0 Å². The summed E-state index contributed by atoms with van der Waals surface area (Å²) in [6.45, 7) is 1.12. The Balaban J connectivity index is 2.60.